The van der Waals surface area contributed by atoms with Crippen molar-refractivity contribution in [1.82, 2.24) is 9.78 Å². The molecule has 0 radical (unpaired) electrons. The lowest BCUT2D eigenvalue weighted by atomic mass is 10.2. The molecule has 2 aromatic rings. The Morgan fingerprint density at radius 1 is 1.55 bits per heavy atom. The number of methoxy groups -OCH3 is 1. The Hall–Kier alpha value is -2.15. The Labute approximate surface area is 121 Å². The highest BCUT2D eigenvalue weighted by molar-refractivity contribution is 8.00. The van der Waals surface area contributed by atoms with Gasteiger partial charge in [-0.25, -0.2) is 0 Å². The lowest BCUT2D eigenvalue weighted by Gasteiger charge is -2.10. The number of aryl methyl sites for hydroxylation is 1. The maximum Gasteiger partial charge on any atom is 0.234 e. The number of hydrogen-bond donors (Lipinski definition) is 2. The lowest BCUT2D eigenvalue weighted by molar-refractivity contribution is -0.113. The van der Waals surface area contributed by atoms with Crippen LogP contribution >= 0.6 is 11.8 Å². The fourth-order valence-electron chi connectivity index (χ4n) is 1.63. The van der Waals surface area contributed by atoms with Crippen molar-refractivity contribution in [2.45, 2.75) is 4.90 Å². The van der Waals surface area contributed by atoms with Gasteiger partial charge in [0.25, 0.3) is 0 Å². The van der Waals surface area contributed by atoms with Crippen LogP contribution < -0.4 is 15.8 Å². The first-order valence-corrected chi connectivity index (χ1v) is 6.92. The molecule has 0 saturated heterocycles. The minimum Gasteiger partial charge on any atom is -0.495 e. The van der Waals surface area contributed by atoms with E-state index in [0.29, 0.717) is 22.9 Å². The van der Waals surface area contributed by atoms with Crippen molar-refractivity contribution < 1.29 is 9.53 Å². The standard InChI is InChI=1S/C13H16N4O2S/c1-17-7-10(6-15-17)20-8-13(18)16-11-5-9(14)3-4-12(11)19-2/h3-7H,8,14H2,1-2H3,(H,16,18). The van der Waals surface area contributed by atoms with Gasteiger partial charge in [0.2, 0.25) is 5.91 Å². The maximum absolute atomic E-state index is 11.9. The molecule has 0 aliphatic carbocycles. The van der Waals surface area contributed by atoms with Gasteiger partial charge in [-0.1, -0.05) is 0 Å². The number of carbonyl (C=O) groups excluding carboxylic acids is 1. The number of nitrogen functional groups attached to an aromatic ring is 1. The normalized spacial score (nSPS) is 10.3. The molecule has 0 fully saturated rings. The van der Waals surface area contributed by atoms with Crippen molar-refractivity contribution in [3.63, 3.8) is 0 Å². The van der Waals surface area contributed by atoms with E-state index in [9.17, 15) is 4.79 Å². The van der Waals surface area contributed by atoms with Gasteiger partial charge in [-0.2, -0.15) is 5.10 Å². The maximum atomic E-state index is 11.9. The first-order valence-electron chi connectivity index (χ1n) is 5.93. The zero-order chi connectivity index (χ0) is 14.5. The molecule has 3 N–H and O–H groups in total. The van der Waals surface area contributed by atoms with Crippen molar-refractivity contribution in [2.24, 2.45) is 7.05 Å². The molecular formula is C13H16N4O2S. The minimum absolute atomic E-state index is 0.122. The number of benzene rings is 1. The van der Waals surface area contributed by atoms with Gasteiger partial charge < -0.3 is 15.8 Å². The molecule has 1 aromatic carbocycles. The number of aromatic nitrogens is 2. The fourth-order valence-corrected chi connectivity index (χ4v) is 2.35. The summed E-state index contributed by atoms with van der Waals surface area (Å²) in [6.45, 7) is 0. The van der Waals surface area contributed by atoms with Crippen molar-refractivity contribution in [3.8, 4) is 5.75 Å². The Kier molecular flexibility index (Phi) is 4.52. The number of nitrogens with one attached hydrogen (secondary N) is 1. The van der Waals surface area contributed by atoms with Crippen LogP contribution in [0.25, 0.3) is 0 Å². The Balaban J connectivity index is 1.96. The quantitative estimate of drug-likeness (QED) is 0.648. The molecule has 0 atom stereocenters. The molecular weight excluding hydrogens is 276 g/mol. The van der Waals surface area contributed by atoms with Crippen LogP contribution in [0.2, 0.25) is 0 Å². The molecule has 2 rings (SSSR count). The summed E-state index contributed by atoms with van der Waals surface area (Å²) >= 11 is 1.42. The summed E-state index contributed by atoms with van der Waals surface area (Å²) < 4.78 is 6.87. The van der Waals surface area contributed by atoms with E-state index in [1.807, 2.05) is 13.2 Å². The van der Waals surface area contributed by atoms with Gasteiger partial charge in [-0.3, -0.25) is 9.48 Å². The van der Waals surface area contributed by atoms with E-state index in [1.54, 1.807) is 36.2 Å². The average Bonchev–Trinajstić information content (AvgIpc) is 2.83. The third kappa shape index (κ3) is 3.67. The van der Waals surface area contributed by atoms with Crippen LogP contribution in [0.1, 0.15) is 0 Å². The molecule has 1 heterocycles. The van der Waals surface area contributed by atoms with E-state index in [0.717, 1.165) is 4.90 Å². The number of carbonyl (C=O) groups is 1. The summed E-state index contributed by atoms with van der Waals surface area (Å²) in [5, 5.41) is 6.83. The van der Waals surface area contributed by atoms with Gasteiger partial charge in [0, 0.05) is 23.8 Å². The third-order valence-electron chi connectivity index (χ3n) is 2.55. The van der Waals surface area contributed by atoms with Crippen LogP contribution in [0.5, 0.6) is 5.75 Å². The van der Waals surface area contributed by atoms with Crippen LogP contribution in [0.3, 0.4) is 0 Å². The van der Waals surface area contributed by atoms with E-state index >= 15 is 0 Å². The second kappa shape index (κ2) is 6.33. The predicted octanol–water partition coefficient (Wildman–Crippen LogP) is 1.74. The number of hydrogen-bond acceptors (Lipinski definition) is 5. The second-order valence-corrected chi connectivity index (χ2v) is 5.20. The Morgan fingerprint density at radius 3 is 3.00 bits per heavy atom. The molecule has 0 aliphatic heterocycles. The number of anilines is 2. The first-order chi connectivity index (χ1) is 9.58. The van der Waals surface area contributed by atoms with Crippen molar-refractivity contribution in [1.29, 1.82) is 0 Å². The topological polar surface area (TPSA) is 82.2 Å². The van der Waals surface area contributed by atoms with Gasteiger partial charge in [-0.15, -0.1) is 11.8 Å². The summed E-state index contributed by atoms with van der Waals surface area (Å²) in [6.07, 6.45) is 3.58. The monoisotopic (exact) mass is 292 g/mol. The zero-order valence-corrected chi connectivity index (χ0v) is 12.1. The van der Waals surface area contributed by atoms with Gasteiger partial charge in [0.1, 0.15) is 5.75 Å². The molecule has 0 saturated carbocycles. The van der Waals surface area contributed by atoms with Crippen molar-refractivity contribution >= 4 is 29.0 Å². The summed E-state index contributed by atoms with van der Waals surface area (Å²) in [4.78, 5) is 12.9. The van der Waals surface area contributed by atoms with Gasteiger partial charge in [0.05, 0.1) is 24.7 Å². The molecule has 7 heteroatoms. The van der Waals surface area contributed by atoms with Gasteiger partial charge in [0.15, 0.2) is 0 Å². The average molecular weight is 292 g/mol. The van der Waals surface area contributed by atoms with Gasteiger partial charge >= 0.3 is 0 Å². The number of rotatable bonds is 5. The summed E-state index contributed by atoms with van der Waals surface area (Å²) in [7, 11) is 3.38. The molecule has 20 heavy (non-hydrogen) atoms. The second-order valence-electron chi connectivity index (χ2n) is 4.15. The van der Waals surface area contributed by atoms with Crippen molar-refractivity contribution in [2.75, 3.05) is 23.9 Å². The summed E-state index contributed by atoms with van der Waals surface area (Å²) in [6, 6.07) is 5.11. The molecule has 0 bridgehead atoms. The molecule has 0 aliphatic rings. The molecule has 0 spiro atoms. The van der Waals surface area contributed by atoms with Crippen LogP contribution in [0.4, 0.5) is 11.4 Å². The van der Waals surface area contributed by atoms with Crippen LogP contribution in [-0.4, -0.2) is 28.6 Å². The predicted molar refractivity (Wildman–Crippen MR) is 80.0 cm³/mol. The highest BCUT2D eigenvalue weighted by Gasteiger charge is 2.09. The number of amides is 1. The molecule has 0 unspecified atom stereocenters. The van der Waals surface area contributed by atoms with Crippen LogP contribution in [-0.2, 0) is 11.8 Å². The van der Waals surface area contributed by atoms with E-state index in [-0.39, 0.29) is 5.91 Å². The highest BCUT2D eigenvalue weighted by atomic mass is 32.2. The number of nitrogens with two attached hydrogens (primary N) is 1. The largest absolute Gasteiger partial charge is 0.495 e. The molecule has 6 nitrogen and oxygen atoms in total. The SMILES string of the molecule is COc1ccc(N)cc1NC(=O)CSc1cnn(C)c1. The molecule has 1 aromatic heterocycles. The van der Waals surface area contributed by atoms with E-state index in [1.165, 1.54) is 11.8 Å². The van der Waals surface area contributed by atoms with Crippen molar-refractivity contribution in [3.05, 3.63) is 30.6 Å². The Morgan fingerprint density at radius 2 is 2.35 bits per heavy atom. The smallest absolute Gasteiger partial charge is 0.234 e. The van der Waals surface area contributed by atoms with E-state index < -0.39 is 0 Å². The van der Waals surface area contributed by atoms with Gasteiger partial charge in [-0.05, 0) is 18.2 Å². The summed E-state index contributed by atoms with van der Waals surface area (Å²) in [5.41, 5.74) is 6.85. The molecule has 1 amide bonds. The van der Waals surface area contributed by atoms with Crippen LogP contribution in [0, 0.1) is 0 Å². The number of nitrogens with zero attached hydrogens (tertiary/aromatic N) is 2. The lowest BCUT2D eigenvalue weighted by Crippen LogP contribution is -2.14. The van der Waals surface area contributed by atoms with E-state index in [4.69, 9.17) is 10.5 Å². The molecule has 106 valence electrons. The fraction of sp³-hybridized carbons (Fsp3) is 0.231. The summed E-state index contributed by atoms with van der Waals surface area (Å²) in [5.74, 6) is 0.755. The number of ether oxygens (including phenoxy) is 1. The van der Waals surface area contributed by atoms with E-state index in [2.05, 4.69) is 10.4 Å². The third-order valence-corrected chi connectivity index (χ3v) is 3.50. The zero-order valence-electron chi connectivity index (χ0n) is 11.3. The first kappa shape index (κ1) is 14.3. The highest BCUT2D eigenvalue weighted by Crippen LogP contribution is 2.27. The Bertz CT molecular complexity index is 612. The minimum atomic E-state index is -0.122. The van der Waals surface area contributed by atoms with Crippen LogP contribution in [0.15, 0.2) is 35.5 Å². The number of thioether (sulfide) groups is 1.